The normalized spacial score (nSPS) is 21.4. The van der Waals surface area contributed by atoms with E-state index in [0.29, 0.717) is 60.7 Å². The van der Waals surface area contributed by atoms with Gasteiger partial charge in [-0.05, 0) is 81.6 Å². The van der Waals surface area contributed by atoms with Crippen molar-refractivity contribution in [1.82, 2.24) is 14.5 Å². The van der Waals surface area contributed by atoms with Crippen molar-refractivity contribution in [1.29, 1.82) is 0 Å². The lowest BCUT2D eigenvalue weighted by atomic mass is 9.88. The van der Waals surface area contributed by atoms with Gasteiger partial charge in [0.05, 0.1) is 48.0 Å². The molecule has 2 unspecified atom stereocenters. The Labute approximate surface area is 274 Å². The number of ether oxygens (including phenoxy) is 4. The molecule has 2 atom stereocenters. The highest BCUT2D eigenvalue weighted by atomic mass is 19.4. The third kappa shape index (κ3) is 5.94. The standard InChI is InChI=1S/C35H35F4N3O6/c1-3-45-29-16-21(33(43)44)15-27-31(29)40-30(42(27)18-23-11-14-46-23)19-41-12-9-20(10-13-41)24-5-4-6-28-32(24)48-34(2,47-28)25-8-7-22(17-26(25)36)35(37,38)39/h4-8,15-17,20,23H,3,9-14,18-19H2,1-2H3,(H,43,44). The molecule has 0 bridgehead atoms. The molecule has 0 saturated carbocycles. The maximum absolute atomic E-state index is 15.0. The molecule has 1 N–H and O–H groups in total. The molecular formula is C35H35F4N3O6. The summed E-state index contributed by atoms with van der Waals surface area (Å²) in [6, 6.07) is 11.0. The third-order valence-corrected chi connectivity index (χ3v) is 9.41. The number of carboxylic acid groups (broad SMARTS) is 1. The minimum atomic E-state index is -4.67. The fourth-order valence-corrected chi connectivity index (χ4v) is 6.83. The van der Waals surface area contributed by atoms with Gasteiger partial charge >= 0.3 is 12.1 Å². The summed E-state index contributed by atoms with van der Waals surface area (Å²) in [4.78, 5) is 19.2. The molecule has 9 nitrogen and oxygen atoms in total. The maximum Gasteiger partial charge on any atom is 0.416 e. The Bertz CT molecular complexity index is 1870. The van der Waals surface area contributed by atoms with Gasteiger partial charge < -0.3 is 28.6 Å². The molecule has 2 fully saturated rings. The number of carbonyl (C=O) groups is 1. The number of aromatic nitrogens is 2. The molecule has 0 radical (unpaired) electrons. The number of nitrogens with zero attached hydrogens (tertiary/aromatic N) is 3. The van der Waals surface area contributed by atoms with Crippen LogP contribution in [0.5, 0.6) is 17.2 Å². The number of imidazole rings is 1. The zero-order valence-electron chi connectivity index (χ0n) is 26.5. The fraction of sp³-hybridized carbons (Fsp3) is 0.429. The second-order valence-corrected chi connectivity index (χ2v) is 12.6. The lowest BCUT2D eigenvalue weighted by Crippen LogP contribution is -2.35. The van der Waals surface area contributed by atoms with Crippen molar-refractivity contribution >= 4 is 17.0 Å². The molecule has 254 valence electrons. The van der Waals surface area contributed by atoms with E-state index in [1.54, 1.807) is 12.1 Å². The number of halogens is 4. The molecule has 48 heavy (non-hydrogen) atoms. The fourth-order valence-electron chi connectivity index (χ4n) is 6.83. The molecule has 0 aliphatic carbocycles. The summed E-state index contributed by atoms with van der Waals surface area (Å²) in [5.74, 6) is -1.51. The first-order valence-corrected chi connectivity index (χ1v) is 16.0. The Kier molecular flexibility index (Phi) is 8.23. The van der Waals surface area contributed by atoms with Gasteiger partial charge in [-0.3, -0.25) is 4.90 Å². The van der Waals surface area contributed by atoms with Crippen molar-refractivity contribution in [2.24, 2.45) is 0 Å². The lowest BCUT2D eigenvalue weighted by molar-refractivity contribution is -0.138. The van der Waals surface area contributed by atoms with Crippen molar-refractivity contribution in [2.75, 3.05) is 26.3 Å². The number of benzene rings is 3. The molecule has 0 amide bonds. The van der Waals surface area contributed by atoms with Crippen LogP contribution in [0.25, 0.3) is 11.0 Å². The van der Waals surface area contributed by atoms with Gasteiger partial charge in [0.25, 0.3) is 5.79 Å². The topological polar surface area (TPSA) is 95.3 Å². The van der Waals surface area contributed by atoms with Crippen molar-refractivity contribution in [3.63, 3.8) is 0 Å². The van der Waals surface area contributed by atoms with Crippen LogP contribution >= 0.6 is 0 Å². The van der Waals surface area contributed by atoms with E-state index in [0.717, 1.165) is 55.9 Å². The number of para-hydroxylation sites is 1. The first kappa shape index (κ1) is 32.2. The average Bonchev–Trinajstić information content (AvgIpc) is 3.55. The first-order chi connectivity index (χ1) is 22.9. The summed E-state index contributed by atoms with van der Waals surface area (Å²) < 4.78 is 80.3. The summed E-state index contributed by atoms with van der Waals surface area (Å²) in [7, 11) is 0. The second-order valence-electron chi connectivity index (χ2n) is 12.6. The van der Waals surface area contributed by atoms with E-state index in [-0.39, 0.29) is 23.1 Å². The van der Waals surface area contributed by atoms with E-state index >= 15 is 0 Å². The summed E-state index contributed by atoms with van der Waals surface area (Å²) in [6.07, 6.45) is -2.16. The van der Waals surface area contributed by atoms with Crippen LogP contribution in [0.4, 0.5) is 17.6 Å². The van der Waals surface area contributed by atoms with E-state index < -0.39 is 29.3 Å². The molecule has 4 heterocycles. The van der Waals surface area contributed by atoms with Crippen molar-refractivity contribution < 1.29 is 46.4 Å². The zero-order valence-corrected chi connectivity index (χ0v) is 26.5. The summed E-state index contributed by atoms with van der Waals surface area (Å²) in [6.45, 7) is 6.99. The minimum Gasteiger partial charge on any atom is -0.492 e. The van der Waals surface area contributed by atoms with Crippen LogP contribution in [0.15, 0.2) is 48.5 Å². The van der Waals surface area contributed by atoms with Gasteiger partial charge in [-0.25, -0.2) is 14.2 Å². The van der Waals surface area contributed by atoms with Crippen LogP contribution in [-0.4, -0.2) is 57.9 Å². The number of carboxylic acids is 1. The second kappa shape index (κ2) is 12.3. The summed E-state index contributed by atoms with van der Waals surface area (Å²) >= 11 is 0. The number of aromatic carboxylic acids is 1. The van der Waals surface area contributed by atoms with Gasteiger partial charge in [-0.1, -0.05) is 12.1 Å². The first-order valence-electron chi connectivity index (χ1n) is 16.0. The highest BCUT2D eigenvalue weighted by Crippen LogP contribution is 2.50. The van der Waals surface area contributed by atoms with Crippen molar-refractivity contribution in [2.45, 2.75) is 70.2 Å². The highest BCUT2D eigenvalue weighted by Gasteiger charge is 2.44. The molecule has 7 rings (SSSR count). The van der Waals surface area contributed by atoms with E-state index in [9.17, 15) is 27.5 Å². The number of likely N-dealkylation sites (tertiary alicyclic amines) is 1. The van der Waals surface area contributed by atoms with Gasteiger partial charge in [-0.2, -0.15) is 13.2 Å². The van der Waals surface area contributed by atoms with Gasteiger partial charge in [0.15, 0.2) is 11.5 Å². The minimum absolute atomic E-state index is 0.0278. The molecule has 3 aliphatic rings. The Morgan fingerprint density at radius 2 is 1.88 bits per heavy atom. The highest BCUT2D eigenvalue weighted by molar-refractivity contribution is 5.95. The number of fused-ring (bicyclic) bond motifs is 2. The maximum atomic E-state index is 15.0. The van der Waals surface area contributed by atoms with Crippen LogP contribution < -0.4 is 14.2 Å². The molecule has 2 saturated heterocycles. The number of hydrogen-bond donors (Lipinski definition) is 1. The van der Waals surface area contributed by atoms with Crippen LogP contribution in [0.2, 0.25) is 0 Å². The molecular weight excluding hydrogens is 634 g/mol. The lowest BCUT2D eigenvalue weighted by Gasteiger charge is -2.33. The van der Waals surface area contributed by atoms with Crippen molar-refractivity contribution in [3.05, 3.63) is 82.4 Å². The van der Waals surface area contributed by atoms with E-state index in [1.807, 2.05) is 19.1 Å². The largest absolute Gasteiger partial charge is 0.492 e. The van der Waals surface area contributed by atoms with E-state index in [1.165, 1.54) is 13.0 Å². The molecule has 0 spiro atoms. The number of alkyl halides is 3. The van der Waals surface area contributed by atoms with Crippen LogP contribution in [0.3, 0.4) is 0 Å². The van der Waals surface area contributed by atoms with Gasteiger partial charge in [-0.15, -0.1) is 0 Å². The summed E-state index contributed by atoms with van der Waals surface area (Å²) in [5, 5.41) is 9.76. The third-order valence-electron chi connectivity index (χ3n) is 9.41. The number of rotatable bonds is 9. The predicted octanol–water partition coefficient (Wildman–Crippen LogP) is 7.10. The van der Waals surface area contributed by atoms with E-state index in [2.05, 4.69) is 9.47 Å². The quantitative estimate of drug-likeness (QED) is 0.189. The predicted molar refractivity (Wildman–Crippen MR) is 166 cm³/mol. The monoisotopic (exact) mass is 669 g/mol. The van der Waals surface area contributed by atoms with Crippen LogP contribution in [0, 0.1) is 5.82 Å². The molecule has 1 aromatic heterocycles. The molecule has 4 aromatic rings. The Hall–Kier alpha value is -4.36. The molecule has 13 heteroatoms. The van der Waals surface area contributed by atoms with Crippen LogP contribution in [-0.2, 0) is 29.8 Å². The Morgan fingerprint density at radius 3 is 2.52 bits per heavy atom. The SMILES string of the molecule is CCOc1cc(C(=O)O)cc2c1nc(CN1CCC(c3cccc4c3OC(C)(c3ccc(C(F)(F)F)cc3F)O4)CC1)n2CC1CCO1. The Morgan fingerprint density at radius 1 is 1.10 bits per heavy atom. The van der Waals surface area contributed by atoms with E-state index in [4.69, 9.17) is 23.9 Å². The average molecular weight is 670 g/mol. The van der Waals surface area contributed by atoms with Gasteiger partial charge in [0, 0.05) is 19.1 Å². The van der Waals surface area contributed by atoms with Gasteiger partial charge in [0.1, 0.15) is 22.9 Å². The van der Waals surface area contributed by atoms with Gasteiger partial charge in [0.2, 0.25) is 0 Å². The summed E-state index contributed by atoms with van der Waals surface area (Å²) in [5.41, 5.74) is 1.15. The molecule has 3 aliphatic heterocycles. The van der Waals surface area contributed by atoms with Crippen molar-refractivity contribution in [3.8, 4) is 17.2 Å². The van der Waals surface area contributed by atoms with Crippen LogP contribution in [0.1, 0.15) is 71.9 Å². The number of piperidine rings is 1. The zero-order chi connectivity index (χ0) is 33.8. The number of hydrogen-bond acceptors (Lipinski definition) is 7. The Balaban J connectivity index is 1.09. The molecule has 3 aromatic carbocycles. The smallest absolute Gasteiger partial charge is 0.416 e.